The molecule has 3 nitrogen and oxygen atoms in total. The number of ether oxygens (including phenoxy) is 1. The SMILES string of the molecule is CC(C)Oc1ccc(CCNC(=O)[C@@H]2C[C@@H]2c2ccccc2F)cc1. The summed E-state index contributed by atoms with van der Waals surface area (Å²) in [5.41, 5.74) is 1.81. The van der Waals surface area contributed by atoms with Gasteiger partial charge in [-0.25, -0.2) is 4.39 Å². The van der Waals surface area contributed by atoms with Crippen LogP contribution in [0, 0.1) is 11.7 Å². The van der Waals surface area contributed by atoms with Crippen molar-refractivity contribution < 1.29 is 13.9 Å². The van der Waals surface area contributed by atoms with Crippen LogP contribution in [0.5, 0.6) is 5.75 Å². The highest BCUT2D eigenvalue weighted by Gasteiger charge is 2.44. The summed E-state index contributed by atoms with van der Waals surface area (Å²) in [4.78, 5) is 12.2. The van der Waals surface area contributed by atoms with Crippen LogP contribution in [-0.2, 0) is 11.2 Å². The van der Waals surface area contributed by atoms with Crippen molar-refractivity contribution in [3.05, 3.63) is 65.5 Å². The quantitative estimate of drug-likeness (QED) is 0.824. The number of carbonyl (C=O) groups is 1. The van der Waals surface area contributed by atoms with Crippen molar-refractivity contribution in [3.63, 3.8) is 0 Å². The molecule has 1 fully saturated rings. The Morgan fingerprint density at radius 2 is 1.92 bits per heavy atom. The average Bonchev–Trinajstić information content (AvgIpc) is 3.37. The molecule has 3 rings (SSSR count). The molecule has 1 aliphatic carbocycles. The summed E-state index contributed by atoms with van der Waals surface area (Å²) in [5.74, 6) is 0.584. The molecule has 0 saturated heterocycles. The zero-order chi connectivity index (χ0) is 17.8. The highest BCUT2D eigenvalue weighted by atomic mass is 19.1. The molecule has 1 amide bonds. The van der Waals surface area contributed by atoms with Gasteiger partial charge in [0, 0.05) is 12.5 Å². The van der Waals surface area contributed by atoms with E-state index in [2.05, 4.69) is 5.32 Å². The van der Waals surface area contributed by atoms with Gasteiger partial charge in [-0.05, 0) is 61.9 Å². The molecule has 2 aromatic rings. The summed E-state index contributed by atoms with van der Waals surface area (Å²) < 4.78 is 19.4. The van der Waals surface area contributed by atoms with Crippen LogP contribution >= 0.6 is 0 Å². The third-order valence-corrected chi connectivity index (χ3v) is 4.44. The molecule has 1 saturated carbocycles. The molecule has 2 atom stereocenters. The summed E-state index contributed by atoms with van der Waals surface area (Å²) in [6.45, 7) is 4.58. The average molecular weight is 341 g/mol. The second-order valence-electron chi connectivity index (χ2n) is 6.82. The van der Waals surface area contributed by atoms with Gasteiger partial charge < -0.3 is 10.1 Å². The first-order valence-electron chi connectivity index (χ1n) is 8.82. The van der Waals surface area contributed by atoms with Gasteiger partial charge in [0.2, 0.25) is 5.91 Å². The lowest BCUT2D eigenvalue weighted by molar-refractivity contribution is -0.122. The second kappa shape index (κ2) is 7.68. The topological polar surface area (TPSA) is 38.3 Å². The van der Waals surface area contributed by atoms with E-state index in [0.717, 1.165) is 24.2 Å². The zero-order valence-electron chi connectivity index (χ0n) is 14.7. The van der Waals surface area contributed by atoms with E-state index >= 15 is 0 Å². The van der Waals surface area contributed by atoms with Crippen molar-refractivity contribution >= 4 is 5.91 Å². The van der Waals surface area contributed by atoms with E-state index in [4.69, 9.17) is 4.74 Å². The predicted octanol–water partition coefficient (Wildman–Crippen LogP) is 4.08. The number of amides is 1. The number of carbonyl (C=O) groups excluding carboxylic acids is 1. The molecule has 1 N–H and O–H groups in total. The van der Waals surface area contributed by atoms with E-state index in [0.29, 0.717) is 12.1 Å². The minimum atomic E-state index is -0.216. The summed E-state index contributed by atoms with van der Waals surface area (Å²) in [6, 6.07) is 14.7. The zero-order valence-corrected chi connectivity index (χ0v) is 14.7. The Bertz CT molecular complexity index is 727. The van der Waals surface area contributed by atoms with Crippen molar-refractivity contribution in [3.8, 4) is 5.75 Å². The highest BCUT2D eigenvalue weighted by molar-refractivity contribution is 5.82. The third kappa shape index (κ3) is 4.59. The molecular formula is C21H24FNO2. The standard InChI is InChI=1S/C21H24FNO2/c1-14(2)25-16-9-7-15(8-10-16)11-12-23-21(24)19-13-18(19)17-5-3-4-6-20(17)22/h3-10,14,18-19H,11-13H2,1-2H3,(H,23,24)/t18-,19-/m1/s1. The Labute approximate surface area is 148 Å². The molecule has 0 unspecified atom stereocenters. The molecule has 0 bridgehead atoms. The maximum absolute atomic E-state index is 13.8. The summed E-state index contributed by atoms with van der Waals surface area (Å²) in [6.07, 6.45) is 1.66. The van der Waals surface area contributed by atoms with Crippen molar-refractivity contribution in [2.75, 3.05) is 6.54 Å². The first-order chi connectivity index (χ1) is 12.0. The predicted molar refractivity (Wildman–Crippen MR) is 96.2 cm³/mol. The van der Waals surface area contributed by atoms with E-state index in [1.54, 1.807) is 12.1 Å². The smallest absolute Gasteiger partial charge is 0.223 e. The van der Waals surface area contributed by atoms with Gasteiger partial charge in [-0.15, -0.1) is 0 Å². The summed E-state index contributed by atoms with van der Waals surface area (Å²) >= 11 is 0. The molecular weight excluding hydrogens is 317 g/mol. The molecule has 2 aromatic carbocycles. The van der Waals surface area contributed by atoms with Gasteiger partial charge >= 0.3 is 0 Å². The lowest BCUT2D eigenvalue weighted by atomic mass is 10.1. The Balaban J connectivity index is 1.44. The maximum Gasteiger partial charge on any atom is 0.223 e. The Hall–Kier alpha value is -2.36. The van der Waals surface area contributed by atoms with Crippen LogP contribution in [0.2, 0.25) is 0 Å². The molecule has 1 aliphatic rings. The summed E-state index contributed by atoms with van der Waals surface area (Å²) in [5, 5.41) is 2.97. The third-order valence-electron chi connectivity index (χ3n) is 4.44. The molecule has 0 aromatic heterocycles. The van der Waals surface area contributed by atoms with Crippen molar-refractivity contribution in [1.82, 2.24) is 5.32 Å². The molecule has 25 heavy (non-hydrogen) atoms. The molecule has 0 radical (unpaired) electrons. The van der Waals surface area contributed by atoms with Crippen LogP contribution in [0.1, 0.15) is 37.3 Å². The molecule has 0 heterocycles. The van der Waals surface area contributed by atoms with Crippen molar-refractivity contribution in [2.24, 2.45) is 5.92 Å². The van der Waals surface area contributed by atoms with Gasteiger partial charge in [-0.3, -0.25) is 4.79 Å². The molecule has 4 heteroatoms. The van der Waals surface area contributed by atoms with Crippen LogP contribution in [0.15, 0.2) is 48.5 Å². The number of rotatable bonds is 7. The lowest BCUT2D eigenvalue weighted by Crippen LogP contribution is -2.27. The molecule has 0 aliphatic heterocycles. The number of hydrogen-bond donors (Lipinski definition) is 1. The Kier molecular flexibility index (Phi) is 5.37. The fourth-order valence-electron chi connectivity index (χ4n) is 3.07. The van der Waals surface area contributed by atoms with Gasteiger partial charge in [0.1, 0.15) is 11.6 Å². The highest BCUT2D eigenvalue weighted by Crippen LogP contribution is 2.48. The number of nitrogens with one attached hydrogen (secondary N) is 1. The Morgan fingerprint density at radius 3 is 2.60 bits per heavy atom. The van der Waals surface area contributed by atoms with E-state index in [1.165, 1.54) is 6.07 Å². The van der Waals surface area contributed by atoms with E-state index in [1.807, 2.05) is 44.2 Å². The number of halogens is 1. The van der Waals surface area contributed by atoms with Crippen LogP contribution in [-0.4, -0.2) is 18.6 Å². The largest absolute Gasteiger partial charge is 0.491 e. The first kappa shape index (κ1) is 17.5. The van der Waals surface area contributed by atoms with Gasteiger partial charge in [0.05, 0.1) is 6.10 Å². The van der Waals surface area contributed by atoms with Crippen LogP contribution in [0.3, 0.4) is 0 Å². The van der Waals surface area contributed by atoms with E-state index < -0.39 is 0 Å². The summed E-state index contributed by atoms with van der Waals surface area (Å²) in [7, 11) is 0. The van der Waals surface area contributed by atoms with Gasteiger partial charge in [-0.2, -0.15) is 0 Å². The maximum atomic E-state index is 13.8. The monoisotopic (exact) mass is 341 g/mol. The minimum Gasteiger partial charge on any atom is -0.491 e. The van der Waals surface area contributed by atoms with Gasteiger partial charge in [0.15, 0.2) is 0 Å². The second-order valence-corrected chi connectivity index (χ2v) is 6.82. The number of benzene rings is 2. The van der Waals surface area contributed by atoms with Crippen LogP contribution in [0.25, 0.3) is 0 Å². The normalized spacial score (nSPS) is 18.9. The Morgan fingerprint density at radius 1 is 1.20 bits per heavy atom. The van der Waals surface area contributed by atoms with Gasteiger partial charge in [0.25, 0.3) is 0 Å². The number of hydrogen-bond acceptors (Lipinski definition) is 2. The van der Waals surface area contributed by atoms with Gasteiger partial charge in [-0.1, -0.05) is 30.3 Å². The van der Waals surface area contributed by atoms with E-state index in [-0.39, 0.29) is 29.7 Å². The lowest BCUT2D eigenvalue weighted by Gasteiger charge is -2.10. The van der Waals surface area contributed by atoms with Crippen molar-refractivity contribution in [2.45, 2.75) is 38.7 Å². The fourth-order valence-corrected chi connectivity index (χ4v) is 3.07. The van der Waals surface area contributed by atoms with Crippen molar-refractivity contribution in [1.29, 1.82) is 0 Å². The minimum absolute atomic E-state index is 0.0213. The van der Waals surface area contributed by atoms with Crippen LogP contribution in [0.4, 0.5) is 4.39 Å². The molecule has 0 spiro atoms. The fraction of sp³-hybridized carbons (Fsp3) is 0.381. The van der Waals surface area contributed by atoms with E-state index in [9.17, 15) is 9.18 Å². The molecule has 132 valence electrons. The first-order valence-corrected chi connectivity index (χ1v) is 8.82. The van der Waals surface area contributed by atoms with Crippen LogP contribution < -0.4 is 10.1 Å².